The number of ether oxygens (including phenoxy) is 1. The zero-order valence-electron chi connectivity index (χ0n) is 18.0. The van der Waals surface area contributed by atoms with E-state index in [2.05, 4.69) is 0 Å². The summed E-state index contributed by atoms with van der Waals surface area (Å²) in [5.74, 6) is -1.96. The molecule has 0 radical (unpaired) electrons. The fraction of sp³-hybridized carbons (Fsp3) is 0.107. The Balaban J connectivity index is 1.71. The molecule has 1 aliphatic heterocycles. The van der Waals surface area contributed by atoms with Crippen LogP contribution in [0.1, 0.15) is 34.2 Å². The van der Waals surface area contributed by atoms with Crippen molar-refractivity contribution in [1.29, 1.82) is 0 Å². The lowest BCUT2D eigenvalue weighted by Crippen LogP contribution is -2.34. The summed E-state index contributed by atoms with van der Waals surface area (Å²) in [6.07, 6.45) is 0. The second-order valence-corrected chi connectivity index (χ2v) is 7.97. The molecule has 0 spiro atoms. The van der Waals surface area contributed by atoms with E-state index in [0.717, 1.165) is 28.4 Å². The number of benzene rings is 4. The number of para-hydroxylation sites is 1. The lowest BCUT2D eigenvalue weighted by molar-refractivity contribution is -0.118. The van der Waals surface area contributed by atoms with Gasteiger partial charge in [-0.2, -0.15) is 0 Å². The van der Waals surface area contributed by atoms with Crippen LogP contribution in [-0.2, 0) is 4.79 Å². The van der Waals surface area contributed by atoms with Crippen LogP contribution in [0.4, 0.5) is 10.1 Å². The number of amides is 1. The molecule has 4 aromatic carbocycles. The molecule has 0 bridgehead atoms. The highest BCUT2D eigenvalue weighted by Crippen LogP contribution is 2.49. The third-order valence-electron chi connectivity index (χ3n) is 6.09. The summed E-state index contributed by atoms with van der Waals surface area (Å²) in [7, 11) is 1.36. The van der Waals surface area contributed by atoms with Gasteiger partial charge in [0, 0.05) is 17.3 Å². The lowest BCUT2D eigenvalue weighted by Gasteiger charge is -2.30. The molecule has 164 valence electrons. The van der Waals surface area contributed by atoms with E-state index in [4.69, 9.17) is 4.74 Å². The van der Waals surface area contributed by atoms with Gasteiger partial charge in [-0.1, -0.05) is 78.9 Å². The number of hydrogen-bond acceptors (Lipinski definition) is 3. The smallest absolute Gasteiger partial charge is 0.240 e. The first-order valence-electron chi connectivity index (χ1n) is 10.7. The zero-order valence-corrected chi connectivity index (χ0v) is 18.0. The van der Waals surface area contributed by atoms with E-state index < -0.39 is 11.7 Å². The van der Waals surface area contributed by atoms with Crippen molar-refractivity contribution >= 4 is 11.6 Å². The number of nitrogens with zero attached hydrogens (tertiary/aromatic N) is 1. The summed E-state index contributed by atoms with van der Waals surface area (Å²) in [5, 5.41) is 10.6. The third kappa shape index (κ3) is 3.52. The topological polar surface area (TPSA) is 49.8 Å². The molecule has 1 unspecified atom stereocenters. The van der Waals surface area contributed by atoms with Gasteiger partial charge in [0.05, 0.1) is 19.1 Å². The SMILES string of the molecule is COc1cc(C2C(=O)N(C(c3ccccc3)c3ccccc3)c3ccccc32)c(O)cc1F. The Morgan fingerprint density at radius 2 is 1.42 bits per heavy atom. The van der Waals surface area contributed by atoms with Gasteiger partial charge in [0.2, 0.25) is 5.91 Å². The summed E-state index contributed by atoms with van der Waals surface area (Å²) in [4.78, 5) is 15.8. The quantitative estimate of drug-likeness (QED) is 0.427. The molecule has 4 aromatic rings. The molecule has 0 fully saturated rings. The van der Waals surface area contributed by atoms with Gasteiger partial charge < -0.3 is 9.84 Å². The predicted octanol–water partition coefficient (Wildman–Crippen LogP) is 5.81. The van der Waals surface area contributed by atoms with Crippen molar-refractivity contribution < 1.29 is 19.0 Å². The molecule has 5 rings (SSSR count). The van der Waals surface area contributed by atoms with E-state index in [-0.39, 0.29) is 23.4 Å². The van der Waals surface area contributed by atoms with Gasteiger partial charge in [0.25, 0.3) is 0 Å². The Morgan fingerprint density at radius 3 is 2.03 bits per heavy atom. The molecular weight excluding hydrogens is 417 g/mol. The van der Waals surface area contributed by atoms with E-state index in [1.165, 1.54) is 13.2 Å². The summed E-state index contributed by atoms with van der Waals surface area (Å²) >= 11 is 0. The highest BCUT2D eigenvalue weighted by Gasteiger charge is 2.43. The van der Waals surface area contributed by atoms with Crippen LogP contribution >= 0.6 is 0 Å². The van der Waals surface area contributed by atoms with Crippen LogP contribution in [0.2, 0.25) is 0 Å². The molecule has 1 N–H and O–H groups in total. The van der Waals surface area contributed by atoms with Gasteiger partial charge in [-0.3, -0.25) is 9.69 Å². The fourth-order valence-corrected chi connectivity index (χ4v) is 4.62. The van der Waals surface area contributed by atoms with Crippen LogP contribution in [0.3, 0.4) is 0 Å². The van der Waals surface area contributed by atoms with Crippen molar-refractivity contribution in [1.82, 2.24) is 0 Å². The van der Waals surface area contributed by atoms with Crippen LogP contribution in [0.25, 0.3) is 0 Å². The molecule has 33 heavy (non-hydrogen) atoms. The van der Waals surface area contributed by atoms with Crippen LogP contribution < -0.4 is 9.64 Å². The van der Waals surface area contributed by atoms with Gasteiger partial charge >= 0.3 is 0 Å². The minimum absolute atomic E-state index is 0.0193. The molecule has 1 atom stereocenters. The van der Waals surface area contributed by atoms with E-state index in [9.17, 15) is 14.3 Å². The summed E-state index contributed by atoms with van der Waals surface area (Å²) in [6, 6.07) is 29.3. The largest absolute Gasteiger partial charge is 0.508 e. The van der Waals surface area contributed by atoms with Gasteiger partial charge in [-0.15, -0.1) is 0 Å². The Bertz CT molecular complexity index is 1270. The fourth-order valence-electron chi connectivity index (χ4n) is 4.62. The van der Waals surface area contributed by atoms with E-state index in [1.807, 2.05) is 84.9 Å². The number of carbonyl (C=O) groups excluding carboxylic acids is 1. The Morgan fingerprint density at radius 1 is 0.848 bits per heavy atom. The zero-order chi connectivity index (χ0) is 22.9. The average molecular weight is 439 g/mol. The van der Waals surface area contributed by atoms with Crippen molar-refractivity contribution in [2.75, 3.05) is 12.0 Å². The van der Waals surface area contributed by atoms with Crippen LogP contribution in [0.5, 0.6) is 11.5 Å². The monoisotopic (exact) mass is 439 g/mol. The number of phenols is 1. The Kier molecular flexibility index (Phi) is 5.31. The van der Waals surface area contributed by atoms with Gasteiger partial charge in [0.1, 0.15) is 5.75 Å². The van der Waals surface area contributed by atoms with Crippen molar-refractivity contribution in [3.63, 3.8) is 0 Å². The predicted molar refractivity (Wildman–Crippen MR) is 125 cm³/mol. The molecule has 0 aromatic heterocycles. The first kappa shape index (κ1) is 20.8. The number of hydrogen-bond donors (Lipinski definition) is 1. The molecule has 0 saturated carbocycles. The van der Waals surface area contributed by atoms with E-state index >= 15 is 0 Å². The highest BCUT2D eigenvalue weighted by atomic mass is 19.1. The second-order valence-electron chi connectivity index (χ2n) is 7.97. The van der Waals surface area contributed by atoms with Crippen molar-refractivity contribution in [3.05, 3.63) is 125 Å². The normalized spacial score (nSPS) is 15.1. The van der Waals surface area contributed by atoms with Crippen LogP contribution in [0, 0.1) is 5.82 Å². The number of fused-ring (bicyclic) bond motifs is 1. The average Bonchev–Trinajstić information content (AvgIpc) is 3.13. The second kappa shape index (κ2) is 8.43. The Labute approximate surface area is 191 Å². The standard InChI is InChI=1S/C28H22FNO3/c1-33-25-16-21(24(31)17-22(25)29)26-20-14-8-9-15-23(20)30(28(26)32)27(18-10-4-2-5-11-18)19-12-6-3-7-13-19/h2-17,26-27,31H,1H3. The van der Waals surface area contributed by atoms with Crippen LogP contribution in [-0.4, -0.2) is 18.1 Å². The summed E-state index contributed by atoms with van der Waals surface area (Å²) in [6.45, 7) is 0. The van der Waals surface area contributed by atoms with E-state index in [1.54, 1.807) is 4.90 Å². The summed E-state index contributed by atoms with van der Waals surface area (Å²) in [5.41, 5.74) is 3.76. The molecule has 5 heteroatoms. The maximum Gasteiger partial charge on any atom is 0.240 e. The Hall–Kier alpha value is -4.12. The minimum atomic E-state index is -0.786. The number of rotatable bonds is 5. The molecule has 0 saturated heterocycles. The highest BCUT2D eigenvalue weighted by molar-refractivity contribution is 6.08. The van der Waals surface area contributed by atoms with Gasteiger partial charge in [-0.25, -0.2) is 4.39 Å². The molecule has 4 nitrogen and oxygen atoms in total. The number of anilines is 1. The number of carbonyl (C=O) groups is 1. The number of aromatic hydroxyl groups is 1. The van der Waals surface area contributed by atoms with Crippen molar-refractivity contribution in [2.24, 2.45) is 0 Å². The maximum atomic E-state index is 14.2. The first-order valence-corrected chi connectivity index (χ1v) is 10.7. The van der Waals surface area contributed by atoms with Gasteiger partial charge in [-0.05, 0) is 28.8 Å². The van der Waals surface area contributed by atoms with Crippen molar-refractivity contribution in [2.45, 2.75) is 12.0 Å². The lowest BCUT2D eigenvalue weighted by atomic mass is 9.91. The van der Waals surface area contributed by atoms with Gasteiger partial charge in [0.15, 0.2) is 11.6 Å². The number of phenolic OH excluding ortho intramolecular Hbond substituents is 1. The summed E-state index contributed by atoms with van der Waals surface area (Å²) < 4.78 is 19.3. The minimum Gasteiger partial charge on any atom is -0.508 e. The first-order chi connectivity index (χ1) is 16.1. The molecule has 1 amide bonds. The van der Waals surface area contributed by atoms with Crippen molar-refractivity contribution in [3.8, 4) is 11.5 Å². The molecule has 1 heterocycles. The van der Waals surface area contributed by atoms with E-state index in [0.29, 0.717) is 5.56 Å². The molecule has 0 aliphatic carbocycles. The third-order valence-corrected chi connectivity index (χ3v) is 6.09. The molecular formula is C28H22FNO3. The number of halogens is 1. The maximum absolute atomic E-state index is 14.2. The number of methoxy groups -OCH3 is 1. The van der Waals surface area contributed by atoms with Crippen LogP contribution in [0.15, 0.2) is 97.1 Å². The molecule has 1 aliphatic rings.